The number of benzene rings is 3. The third-order valence-corrected chi connectivity index (χ3v) is 6.19. The minimum Gasteiger partial charge on any atom is -0.352 e. The zero-order valence-electron chi connectivity index (χ0n) is 20.1. The number of halogens is 1. The van der Waals surface area contributed by atoms with Crippen molar-refractivity contribution in [2.75, 3.05) is 0 Å². The standard InChI is InChI=1S/C29H33ClN2O2/c1-4-22(3)31-29(34)27(18-23-11-6-5-7-12-23)32(20-25-14-8-10-21(2)16-25)28(33)19-24-13-9-15-26(30)17-24/h5-17,22,27H,4,18-20H2,1-3H3,(H,31,34)/t22-,27+/m0/s1. The van der Waals surface area contributed by atoms with Crippen LogP contribution in [0.1, 0.15) is 42.5 Å². The Kier molecular flexibility index (Phi) is 9.29. The molecule has 0 aliphatic carbocycles. The van der Waals surface area contributed by atoms with E-state index < -0.39 is 6.04 Å². The van der Waals surface area contributed by atoms with Crippen molar-refractivity contribution in [1.82, 2.24) is 10.2 Å². The van der Waals surface area contributed by atoms with Gasteiger partial charge in [0.15, 0.2) is 0 Å². The molecular formula is C29H33ClN2O2. The molecule has 0 radical (unpaired) electrons. The first-order valence-corrected chi connectivity index (χ1v) is 12.2. The molecule has 3 rings (SSSR count). The molecule has 0 aliphatic rings. The Morgan fingerprint density at radius 2 is 1.59 bits per heavy atom. The molecule has 0 heterocycles. The fourth-order valence-electron chi connectivity index (χ4n) is 3.93. The highest BCUT2D eigenvalue weighted by molar-refractivity contribution is 6.30. The van der Waals surface area contributed by atoms with E-state index in [0.29, 0.717) is 18.0 Å². The van der Waals surface area contributed by atoms with Crippen molar-refractivity contribution in [2.24, 2.45) is 0 Å². The molecule has 0 unspecified atom stereocenters. The molecule has 1 N–H and O–H groups in total. The molecule has 0 spiro atoms. The van der Waals surface area contributed by atoms with Gasteiger partial charge in [-0.25, -0.2) is 0 Å². The third kappa shape index (κ3) is 7.46. The van der Waals surface area contributed by atoms with Crippen LogP contribution in [-0.4, -0.2) is 28.8 Å². The van der Waals surface area contributed by atoms with Gasteiger partial charge in [-0.2, -0.15) is 0 Å². The summed E-state index contributed by atoms with van der Waals surface area (Å²) in [6.45, 7) is 6.40. The van der Waals surface area contributed by atoms with Gasteiger partial charge in [0.25, 0.3) is 0 Å². The van der Waals surface area contributed by atoms with E-state index in [4.69, 9.17) is 11.6 Å². The van der Waals surface area contributed by atoms with Crippen LogP contribution in [0.25, 0.3) is 0 Å². The van der Waals surface area contributed by atoms with Crippen LogP contribution in [0.3, 0.4) is 0 Å². The van der Waals surface area contributed by atoms with E-state index in [9.17, 15) is 9.59 Å². The Morgan fingerprint density at radius 1 is 0.912 bits per heavy atom. The van der Waals surface area contributed by atoms with Crippen molar-refractivity contribution >= 4 is 23.4 Å². The molecule has 5 heteroatoms. The van der Waals surface area contributed by atoms with Crippen LogP contribution in [0.5, 0.6) is 0 Å². The molecule has 178 valence electrons. The Morgan fingerprint density at radius 3 is 2.26 bits per heavy atom. The summed E-state index contributed by atoms with van der Waals surface area (Å²) < 4.78 is 0. The van der Waals surface area contributed by atoms with Gasteiger partial charge in [-0.15, -0.1) is 0 Å². The van der Waals surface area contributed by atoms with E-state index >= 15 is 0 Å². The van der Waals surface area contributed by atoms with E-state index in [-0.39, 0.29) is 24.3 Å². The van der Waals surface area contributed by atoms with Gasteiger partial charge in [0.1, 0.15) is 6.04 Å². The molecule has 34 heavy (non-hydrogen) atoms. The lowest BCUT2D eigenvalue weighted by Crippen LogP contribution is -2.52. The SMILES string of the molecule is CC[C@H](C)NC(=O)[C@@H](Cc1ccccc1)N(Cc1cccc(C)c1)C(=O)Cc1cccc(Cl)c1. The lowest BCUT2D eigenvalue weighted by molar-refractivity contribution is -0.141. The highest BCUT2D eigenvalue weighted by Crippen LogP contribution is 2.19. The van der Waals surface area contributed by atoms with E-state index in [1.165, 1.54) is 0 Å². The Bertz CT molecular complexity index is 1100. The average molecular weight is 477 g/mol. The van der Waals surface area contributed by atoms with Crippen LogP contribution in [0.4, 0.5) is 0 Å². The van der Waals surface area contributed by atoms with Gasteiger partial charge in [0.2, 0.25) is 11.8 Å². The summed E-state index contributed by atoms with van der Waals surface area (Å²) in [6.07, 6.45) is 1.43. The van der Waals surface area contributed by atoms with Crippen LogP contribution in [0.2, 0.25) is 5.02 Å². The topological polar surface area (TPSA) is 49.4 Å². The van der Waals surface area contributed by atoms with Crippen molar-refractivity contribution in [3.63, 3.8) is 0 Å². The smallest absolute Gasteiger partial charge is 0.243 e. The summed E-state index contributed by atoms with van der Waals surface area (Å²) in [5.74, 6) is -0.241. The molecule has 0 saturated heterocycles. The normalized spacial score (nSPS) is 12.6. The highest BCUT2D eigenvalue weighted by atomic mass is 35.5. The number of hydrogen-bond acceptors (Lipinski definition) is 2. The molecule has 2 amide bonds. The van der Waals surface area contributed by atoms with Gasteiger partial charge in [0.05, 0.1) is 6.42 Å². The molecular weight excluding hydrogens is 444 g/mol. The lowest BCUT2D eigenvalue weighted by atomic mass is 10.0. The van der Waals surface area contributed by atoms with Crippen molar-refractivity contribution in [1.29, 1.82) is 0 Å². The number of aryl methyl sites for hydroxylation is 1. The minimum absolute atomic E-state index is 0.0228. The van der Waals surface area contributed by atoms with E-state index in [1.54, 1.807) is 17.0 Å². The fourth-order valence-corrected chi connectivity index (χ4v) is 4.14. The van der Waals surface area contributed by atoms with Gasteiger partial charge in [0, 0.05) is 24.0 Å². The van der Waals surface area contributed by atoms with Crippen LogP contribution in [-0.2, 0) is 29.0 Å². The van der Waals surface area contributed by atoms with Gasteiger partial charge in [-0.05, 0) is 49.1 Å². The van der Waals surface area contributed by atoms with Crippen molar-refractivity contribution in [2.45, 2.75) is 58.7 Å². The minimum atomic E-state index is -0.636. The van der Waals surface area contributed by atoms with E-state index in [2.05, 4.69) is 11.4 Å². The Balaban J connectivity index is 1.97. The predicted molar refractivity (Wildman–Crippen MR) is 139 cm³/mol. The molecule has 0 saturated carbocycles. The first kappa shape index (κ1) is 25.5. The summed E-state index contributed by atoms with van der Waals surface area (Å²) in [4.78, 5) is 28.9. The fraction of sp³-hybridized carbons (Fsp3) is 0.310. The Hall–Kier alpha value is -3.11. The molecule has 2 atom stereocenters. The van der Waals surface area contributed by atoms with Gasteiger partial charge in [-0.3, -0.25) is 9.59 Å². The number of nitrogens with zero attached hydrogens (tertiary/aromatic N) is 1. The average Bonchev–Trinajstić information content (AvgIpc) is 2.81. The maximum Gasteiger partial charge on any atom is 0.243 e. The number of nitrogens with one attached hydrogen (secondary N) is 1. The van der Waals surface area contributed by atoms with Gasteiger partial charge in [-0.1, -0.05) is 90.8 Å². The summed E-state index contributed by atoms with van der Waals surface area (Å²) >= 11 is 6.16. The van der Waals surface area contributed by atoms with Crippen LogP contribution >= 0.6 is 11.6 Å². The van der Waals surface area contributed by atoms with E-state index in [0.717, 1.165) is 28.7 Å². The van der Waals surface area contributed by atoms with Gasteiger partial charge >= 0.3 is 0 Å². The maximum absolute atomic E-state index is 13.7. The number of hydrogen-bond donors (Lipinski definition) is 1. The van der Waals surface area contributed by atoms with Crippen molar-refractivity contribution in [3.8, 4) is 0 Å². The molecule has 3 aromatic carbocycles. The molecule has 0 bridgehead atoms. The number of rotatable bonds is 10. The van der Waals surface area contributed by atoms with Gasteiger partial charge < -0.3 is 10.2 Å². The highest BCUT2D eigenvalue weighted by Gasteiger charge is 2.31. The zero-order valence-corrected chi connectivity index (χ0v) is 20.9. The monoisotopic (exact) mass is 476 g/mol. The predicted octanol–water partition coefficient (Wildman–Crippen LogP) is 5.75. The first-order valence-electron chi connectivity index (χ1n) is 11.8. The Labute approximate surface area is 207 Å². The lowest BCUT2D eigenvalue weighted by Gasteiger charge is -2.32. The summed E-state index contributed by atoms with van der Waals surface area (Å²) in [5.41, 5.74) is 3.95. The number of carbonyl (C=O) groups is 2. The van der Waals surface area contributed by atoms with Crippen molar-refractivity contribution in [3.05, 3.63) is 106 Å². The maximum atomic E-state index is 13.7. The summed E-state index contributed by atoms with van der Waals surface area (Å²) in [5, 5.41) is 3.69. The largest absolute Gasteiger partial charge is 0.352 e. The second-order valence-electron chi connectivity index (χ2n) is 8.84. The van der Waals surface area contributed by atoms with E-state index in [1.807, 2.05) is 81.4 Å². The van der Waals surface area contributed by atoms with Crippen LogP contribution < -0.4 is 5.32 Å². The second kappa shape index (κ2) is 12.4. The molecule has 0 aromatic heterocycles. The molecule has 3 aromatic rings. The summed E-state index contributed by atoms with van der Waals surface area (Å²) in [6, 6.07) is 24.6. The number of amides is 2. The molecule has 0 fully saturated rings. The quantitative estimate of drug-likeness (QED) is 0.405. The number of carbonyl (C=O) groups excluding carboxylic acids is 2. The first-order chi connectivity index (χ1) is 16.4. The van der Waals surface area contributed by atoms with Crippen LogP contribution in [0, 0.1) is 6.92 Å². The second-order valence-corrected chi connectivity index (χ2v) is 9.28. The third-order valence-electron chi connectivity index (χ3n) is 5.95. The summed E-state index contributed by atoms with van der Waals surface area (Å²) in [7, 11) is 0. The zero-order chi connectivity index (χ0) is 24.5. The molecule has 4 nitrogen and oxygen atoms in total. The van der Waals surface area contributed by atoms with Crippen LogP contribution in [0.15, 0.2) is 78.9 Å². The van der Waals surface area contributed by atoms with Crippen molar-refractivity contribution < 1.29 is 9.59 Å². The molecule has 0 aliphatic heterocycles.